The Balaban J connectivity index is 2.34. The normalized spacial score (nSPS) is 21.4. The minimum absolute atomic E-state index is 0.0284. The summed E-state index contributed by atoms with van der Waals surface area (Å²) in [6, 6.07) is 5.11. The van der Waals surface area contributed by atoms with Gasteiger partial charge in [-0.2, -0.15) is 0 Å². The van der Waals surface area contributed by atoms with Gasteiger partial charge in [0.15, 0.2) is 6.29 Å². The van der Waals surface area contributed by atoms with Crippen molar-refractivity contribution in [1.29, 1.82) is 0 Å². The molecule has 6 nitrogen and oxygen atoms in total. The number of aliphatic hydroxyl groups is 1. The molecule has 0 aromatic heterocycles. The smallest absolute Gasteiger partial charge is 0.411 e. The second-order valence-electron chi connectivity index (χ2n) is 4.34. The van der Waals surface area contributed by atoms with E-state index in [0.717, 1.165) is 10.5 Å². The first kappa shape index (κ1) is 13.6. The Morgan fingerprint density at radius 3 is 2.79 bits per heavy atom. The summed E-state index contributed by atoms with van der Waals surface area (Å²) in [5.74, 6) is 0.698. The number of ether oxygens (including phenoxy) is 2. The lowest BCUT2D eigenvalue weighted by Crippen LogP contribution is -2.32. The Kier molecular flexibility index (Phi) is 3.92. The Morgan fingerprint density at radius 2 is 2.16 bits per heavy atom. The van der Waals surface area contributed by atoms with Crippen LogP contribution in [0.2, 0.25) is 0 Å². The summed E-state index contributed by atoms with van der Waals surface area (Å²) >= 11 is 0. The minimum Gasteiger partial charge on any atom is -0.465 e. The Labute approximate surface area is 111 Å². The molecule has 0 saturated heterocycles. The molecular weight excluding hydrogens is 250 g/mol. The summed E-state index contributed by atoms with van der Waals surface area (Å²) < 4.78 is 11.1. The van der Waals surface area contributed by atoms with E-state index >= 15 is 0 Å². The molecule has 104 valence electrons. The summed E-state index contributed by atoms with van der Waals surface area (Å²) in [6.45, 7) is 3.49. The Hall–Kier alpha value is -1.79. The van der Waals surface area contributed by atoms with E-state index < -0.39 is 6.09 Å². The maximum Gasteiger partial charge on any atom is 0.411 e. The number of anilines is 1. The topological polar surface area (TPSA) is 79.2 Å². The molecule has 2 rings (SSSR count). The zero-order valence-corrected chi connectivity index (χ0v) is 10.9. The van der Waals surface area contributed by atoms with E-state index in [9.17, 15) is 4.79 Å². The van der Waals surface area contributed by atoms with Gasteiger partial charge in [-0.15, -0.1) is 0 Å². The van der Waals surface area contributed by atoms with Crippen LogP contribution in [0.1, 0.15) is 25.5 Å². The molecule has 1 aliphatic heterocycles. The highest BCUT2D eigenvalue weighted by molar-refractivity contribution is 5.86. The highest BCUT2D eigenvalue weighted by Crippen LogP contribution is 2.36. The van der Waals surface area contributed by atoms with Crippen molar-refractivity contribution in [2.45, 2.75) is 26.2 Å². The van der Waals surface area contributed by atoms with Crippen molar-refractivity contribution in [2.75, 3.05) is 18.1 Å². The molecule has 0 saturated carbocycles. The van der Waals surface area contributed by atoms with Gasteiger partial charge in [-0.1, -0.05) is 0 Å². The number of rotatable bonds is 3. The van der Waals surface area contributed by atoms with Crippen molar-refractivity contribution in [3.05, 3.63) is 23.8 Å². The van der Waals surface area contributed by atoms with Crippen LogP contribution in [0.15, 0.2) is 18.2 Å². The lowest BCUT2D eigenvalue weighted by Gasteiger charge is -2.30. The fraction of sp³-hybridized carbons (Fsp3) is 0.462. The number of nitrogens with zero attached hydrogens (tertiary/aromatic N) is 1. The Morgan fingerprint density at radius 1 is 1.42 bits per heavy atom. The van der Waals surface area contributed by atoms with Crippen LogP contribution in [0.3, 0.4) is 0 Å². The van der Waals surface area contributed by atoms with Crippen molar-refractivity contribution in [2.24, 2.45) is 0 Å². The van der Waals surface area contributed by atoms with Crippen molar-refractivity contribution in [1.82, 2.24) is 0 Å². The third-order valence-electron chi connectivity index (χ3n) is 2.99. The van der Waals surface area contributed by atoms with Crippen LogP contribution in [0.25, 0.3) is 0 Å². The summed E-state index contributed by atoms with van der Waals surface area (Å²) in [5, 5.41) is 18.0. The average molecular weight is 267 g/mol. The molecule has 0 spiro atoms. The van der Waals surface area contributed by atoms with Crippen LogP contribution < -0.4 is 9.64 Å². The third-order valence-corrected chi connectivity index (χ3v) is 2.99. The molecule has 0 radical (unpaired) electrons. The van der Waals surface area contributed by atoms with Crippen molar-refractivity contribution < 1.29 is 24.5 Å². The average Bonchev–Trinajstić information content (AvgIpc) is 2.35. The second-order valence-corrected chi connectivity index (χ2v) is 4.34. The lowest BCUT2D eigenvalue weighted by atomic mass is 10.1. The number of hydrogen-bond donors (Lipinski definition) is 2. The van der Waals surface area contributed by atoms with Gasteiger partial charge in [0.25, 0.3) is 0 Å². The highest BCUT2D eigenvalue weighted by Gasteiger charge is 2.25. The van der Waals surface area contributed by atoms with Crippen molar-refractivity contribution >= 4 is 11.8 Å². The van der Waals surface area contributed by atoms with Gasteiger partial charge in [0.1, 0.15) is 5.75 Å². The lowest BCUT2D eigenvalue weighted by molar-refractivity contribution is -0.122. The quantitative estimate of drug-likeness (QED) is 0.875. The van der Waals surface area contributed by atoms with Gasteiger partial charge in [0, 0.05) is 11.3 Å². The molecule has 2 unspecified atom stereocenters. The molecule has 1 aromatic rings. The zero-order chi connectivity index (χ0) is 14.0. The van der Waals surface area contributed by atoms with Gasteiger partial charge in [-0.25, -0.2) is 4.79 Å². The van der Waals surface area contributed by atoms with Crippen LogP contribution in [0.5, 0.6) is 5.75 Å². The number of hydrogen-bond acceptors (Lipinski definition) is 4. The molecule has 0 bridgehead atoms. The molecule has 1 aromatic carbocycles. The first-order valence-electron chi connectivity index (χ1n) is 6.10. The van der Waals surface area contributed by atoms with Crippen LogP contribution in [0.4, 0.5) is 10.5 Å². The molecule has 0 aliphatic carbocycles. The van der Waals surface area contributed by atoms with E-state index in [4.69, 9.17) is 19.7 Å². The summed E-state index contributed by atoms with van der Waals surface area (Å²) in [6.07, 6.45) is -1.59. The zero-order valence-electron chi connectivity index (χ0n) is 10.9. The number of fused-ring (bicyclic) bond motifs is 1. The van der Waals surface area contributed by atoms with E-state index in [1.807, 2.05) is 13.8 Å². The monoisotopic (exact) mass is 267 g/mol. The van der Waals surface area contributed by atoms with Gasteiger partial charge in [0.2, 0.25) is 0 Å². The van der Waals surface area contributed by atoms with Crippen LogP contribution in [-0.2, 0) is 4.74 Å². The predicted molar refractivity (Wildman–Crippen MR) is 68.5 cm³/mol. The van der Waals surface area contributed by atoms with E-state index in [-0.39, 0.29) is 25.5 Å². The molecule has 1 aliphatic rings. The molecule has 2 N–H and O–H groups in total. The number of carbonyl (C=O) groups is 1. The first-order chi connectivity index (χ1) is 9.02. The molecule has 2 atom stereocenters. The third kappa shape index (κ3) is 2.80. The van der Waals surface area contributed by atoms with Gasteiger partial charge >= 0.3 is 6.09 Å². The van der Waals surface area contributed by atoms with E-state index in [1.54, 1.807) is 18.2 Å². The Bertz CT molecular complexity index is 476. The standard InChI is InChI=1S/C13H17NO5/c1-8-11-7-10(14(5-6-15)13(16)17)3-4-12(11)19-9(2)18-8/h3-4,7-9,15H,5-6H2,1-2H3,(H,16,17). The van der Waals surface area contributed by atoms with E-state index in [2.05, 4.69) is 0 Å². The number of aliphatic hydroxyl groups excluding tert-OH is 1. The predicted octanol–water partition coefficient (Wildman–Crippen LogP) is 1.98. The van der Waals surface area contributed by atoms with Gasteiger partial charge in [0.05, 0.1) is 19.3 Å². The number of carboxylic acid groups (broad SMARTS) is 1. The molecule has 1 heterocycles. The minimum atomic E-state index is -1.10. The molecule has 0 fully saturated rings. The van der Waals surface area contributed by atoms with Gasteiger partial charge in [-0.05, 0) is 32.0 Å². The van der Waals surface area contributed by atoms with Crippen LogP contribution >= 0.6 is 0 Å². The number of benzene rings is 1. The highest BCUT2D eigenvalue weighted by atomic mass is 16.7. The molecule has 6 heteroatoms. The van der Waals surface area contributed by atoms with Gasteiger partial charge in [-0.3, -0.25) is 4.90 Å². The second kappa shape index (κ2) is 5.46. The number of amides is 1. The van der Waals surface area contributed by atoms with Crippen LogP contribution in [0, 0.1) is 0 Å². The maximum absolute atomic E-state index is 11.1. The largest absolute Gasteiger partial charge is 0.465 e. The molecular formula is C13H17NO5. The summed E-state index contributed by atoms with van der Waals surface area (Å²) in [7, 11) is 0. The first-order valence-corrected chi connectivity index (χ1v) is 6.10. The van der Waals surface area contributed by atoms with E-state index in [0.29, 0.717) is 11.4 Å². The van der Waals surface area contributed by atoms with Crippen molar-refractivity contribution in [3.8, 4) is 5.75 Å². The summed E-state index contributed by atoms with van der Waals surface area (Å²) in [4.78, 5) is 12.2. The SMILES string of the molecule is CC1Oc2ccc(N(CCO)C(=O)O)cc2C(C)O1. The molecule has 1 amide bonds. The van der Waals surface area contributed by atoms with E-state index in [1.165, 1.54) is 0 Å². The fourth-order valence-corrected chi connectivity index (χ4v) is 2.13. The molecule has 19 heavy (non-hydrogen) atoms. The van der Waals surface area contributed by atoms with Gasteiger partial charge < -0.3 is 19.7 Å². The maximum atomic E-state index is 11.1. The van der Waals surface area contributed by atoms with Crippen LogP contribution in [-0.4, -0.2) is 35.7 Å². The van der Waals surface area contributed by atoms with Crippen molar-refractivity contribution in [3.63, 3.8) is 0 Å². The summed E-state index contributed by atoms with van der Waals surface area (Å²) in [5.41, 5.74) is 1.30. The fourth-order valence-electron chi connectivity index (χ4n) is 2.13.